The Kier molecular flexibility index (Phi) is 7.50. The molecule has 2 heterocycles. The van der Waals surface area contributed by atoms with Gasteiger partial charge in [-0.3, -0.25) is 9.69 Å². The van der Waals surface area contributed by atoms with Crippen LogP contribution in [0.25, 0.3) is 0 Å². The number of amides is 1. The lowest BCUT2D eigenvalue weighted by Crippen LogP contribution is -2.57. The highest BCUT2D eigenvalue weighted by Gasteiger charge is 2.43. The number of halogens is 4. The van der Waals surface area contributed by atoms with Crippen molar-refractivity contribution >= 4 is 18.3 Å². The molecule has 1 unspecified atom stereocenters. The molecular formula is C14H22ClF3N4O2. The van der Waals surface area contributed by atoms with E-state index >= 15 is 0 Å². The summed E-state index contributed by atoms with van der Waals surface area (Å²) in [7, 11) is 0. The number of rotatable bonds is 5. The van der Waals surface area contributed by atoms with Gasteiger partial charge in [0.2, 0.25) is 5.91 Å². The molecule has 2 N–H and O–H groups in total. The third-order valence-electron chi connectivity index (χ3n) is 3.98. The van der Waals surface area contributed by atoms with E-state index in [1.807, 2.05) is 0 Å². The molecule has 1 fully saturated rings. The Hall–Kier alpha value is -1.32. The molecule has 1 aliphatic rings. The molecule has 2 rings (SSSR count). The average Bonchev–Trinajstić information content (AvgIpc) is 2.79. The molecule has 1 aromatic heterocycles. The number of hydrogen-bond acceptors (Lipinski definition) is 5. The number of carbonyl (C=O) groups is 1. The van der Waals surface area contributed by atoms with Crippen LogP contribution in [-0.2, 0) is 11.2 Å². The van der Waals surface area contributed by atoms with E-state index in [4.69, 9.17) is 4.52 Å². The van der Waals surface area contributed by atoms with Gasteiger partial charge >= 0.3 is 6.18 Å². The number of aryl methyl sites for hydroxylation is 2. The van der Waals surface area contributed by atoms with E-state index in [0.29, 0.717) is 43.2 Å². The molecule has 1 saturated heterocycles. The average molecular weight is 371 g/mol. The smallest absolute Gasteiger partial charge is 0.361 e. The molecule has 0 bridgehead atoms. The third-order valence-corrected chi connectivity index (χ3v) is 3.98. The number of nitrogens with one attached hydrogen (secondary N) is 2. The second kappa shape index (κ2) is 8.68. The van der Waals surface area contributed by atoms with Crippen molar-refractivity contribution in [1.82, 2.24) is 20.7 Å². The lowest BCUT2D eigenvalue weighted by Gasteiger charge is -2.35. The van der Waals surface area contributed by atoms with Crippen molar-refractivity contribution < 1.29 is 22.5 Å². The summed E-state index contributed by atoms with van der Waals surface area (Å²) in [4.78, 5) is 13.3. The monoisotopic (exact) mass is 370 g/mol. The lowest BCUT2D eigenvalue weighted by molar-refractivity contribution is -0.184. The van der Waals surface area contributed by atoms with Gasteiger partial charge in [0.25, 0.3) is 0 Å². The zero-order valence-corrected chi connectivity index (χ0v) is 14.4. The standard InChI is InChI=1S/C14H21F3N4O2.ClH/c1-9-11(10(2)23-20-9)7-13(22)19-8-12(14(15,16)17)21-5-3-18-4-6-21;/h12,18H,3-8H2,1-2H3,(H,19,22);1H. The summed E-state index contributed by atoms with van der Waals surface area (Å²) in [5.74, 6) is 0.0379. The molecule has 0 aliphatic carbocycles. The van der Waals surface area contributed by atoms with Crippen LogP contribution in [0.15, 0.2) is 4.52 Å². The van der Waals surface area contributed by atoms with E-state index in [2.05, 4.69) is 15.8 Å². The van der Waals surface area contributed by atoms with Crippen LogP contribution in [0.3, 0.4) is 0 Å². The molecule has 1 amide bonds. The summed E-state index contributed by atoms with van der Waals surface area (Å²) in [6.07, 6.45) is -4.42. The van der Waals surface area contributed by atoms with Crippen molar-refractivity contribution in [2.45, 2.75) is 32.5 Å². The zero-order chi connectivity index (χ0) is 17.0. The van der Waals surface area contributed by atoms with Gasteiger partial charge in [0.15, 0.2) is 0 Å². The topological polar surface area (TPSA) is 70.4 Å². The normalized spacial score (nSPS) is 17.2. The maximum Gasteiger partial charge on any atom is 0.405 e. The molecule has 6 nitrogen and oxygen atoms in total. The SMILES string of the molecule is Cc1noc(C)c1CC(=O)NCC(N1CCNCC1)C(F)(F)F.Cl. The molecule has 0 spiro atoms. The number of hydrogen-bond donors (Lipinski definition) is 2. The van der Waals surface area contributed by atoms with Crippen LogP contribution in [0.1, 0.15) is 17.0 Å². The Morgan fingerprint density at radius 3 is 2.50 bits per heavy atom. The van der Waals surface area contributed by atoms with Crippen molar-refractivity contribution in [3.05, 3.63) is 17.0 Å². The first-order chi connectivity index (χ1) is 10.8. The number of piperazine rings is 1. The van der Waals surface area contributed by atoms with Gasteiger partial charge in [0.1, 0.15) is 11.8 Å². The van der Waals surface area contributed by atoms with Gasteiger partial charge in [0.05, 0.1) is 12.1 Å². The van der Waals surface area contributed by atoms with Gasteiger partial charge in [-0.05, 0) is 13.8 Å². The minimum Gasteiger partial charge on any atom is -0.361 e. The van der Waals surface area contributed by atoms with Crippen LogP contribution in [0.4, 0.5) is 13.2 Å². The molecule has 1 aromatic rings. The maximum absolute atomic E-state index is 13.2. The Balaban J connectivity index is 0.00000288. The van der Waals surface area contributed by atoms with Gasteiger partial charge in [0, 0.05) is 38.3 Å². The Morgan fingerprint density at radius 2 is 2.00 bits per heavy atom. The van der Waals surface area contributed by atoms with Gasteiger partial charge in [-0.15, -0.1) is 12.4 Å². The summed E-state index contributed by atoms with van der Waals surface area (Å²) in [5, 5.41) is 9.13. The van der Waals surface area contributed by atoms with Crippen LogP contribution < -0.4 is 10.6 Å². The van der Waals surface area contributed by atoms with Crippen molar-refractivity contribution in [3.8, 4) is 0 Å². The van der Waals surface area contributed by atoms with Crippen LogP contribution in [0.5, 0.6) is 0 Å². The first kappa shape index (κ1) is 20.7. The van der Waals surface area contributed by atoms with Crippen molar-refractivity contribution in [2.24, 2.45) is 0 Å². The predicted molar refractivity (Wildman–Crippen MR) is 84.2 cm³/mol. The van der Waals surface area contributed by atoms with E-state index in [1.165, 1.54) is 4.90 Å². The highest BCUT2D eigenvalue weighted by Crippen LogP contribution is 2.24. The number of aromatic nitrogens is 1. The summed E-state index contributed by atoms with van der Waals surface area (Å²) in [5.41, 5.74) is 1.19. The van der Waals surface area contributed by atoms with E-state index < -0.39 is 24.7 Å². The van der Waals surface area contributed by atoms with Gasteiger partial charge in [-0.1, -0.05) is 5.16 Å². The molecule has 10 heteroatoms. The fraction of sp³-hybridized carbons (Fsp3) is 0.714. The van der Waals surface area contributed by atoms with Crippen molar-refractivity contribution in [1.29, 1.82) is 0 Å². The van der Waals surface area contributed by atoms with Gasteiger partial charge in [-0.25, -0.2) is 0 Å². The summed E-state index contributed by atoms with van der Waals surface area (Å²) < 4.78 is 44.6. The highest BCUT2D eigenvalue weighted by molar-refractivity contribution is 5.85. The minimum absolute atomic E-state index is 0. The zero-order valence-electron chi connectivity index (χ0n) is 13.6. The molecule has 138 valence electrons. The van der Waals surface area contributed by atoms with E-state index in [9.17, 15) is 18.0 Å². The molecule has 1 atom stereocenters. The van der Waals surface area contributed by atoms with Gasteiger partial charge < -0.3 is 15.2 Å². The Labute approximate surface area is 144 Å². The molecule has 0 saturated carbocycles. The highest BCUT2D eigenvalue weighted by atomic mass is 35.5. The first-order valence-electron chi connectivity index (χ1n) is 7.49. The van der Waals surface area contributed by atoms with Crippen LogP contribution in [-0.4, -0.2) is 60.9 Å². The number of alkyl halides is 3. The fourth-order valence-electron chi connectivity index (χ4n) is 2.63. The molecule has 0 radical (unpaired) electrons. The summed E-state index contributed by atoms with van der Waals surface area (Å²) >= 11 is 0. The van der Waals surface area contributed by atoms with Gasteiger partial charge in [-0.2, -0.15) is 13.2 Å². The molecule has 0 aromatic carbocycles. The third kappa shape index (κ3) is 5.35. The summed E-state index contributed by atoms with van der Waals surface area (Å²) in [6, 6.07) is -1.67. The predicted octanol–water partition coefficient (Wildman–Crippen LogP) is 1.21. The molecular weight excluding hydrogens is 349 g/mol. The molecule has 24 heavy (non-hydrogen) atoms. The van der Waals surface area contributed by atoms with E-state index in [-0.39, 0.29) is 18.8 Å². The quantitative estimate of drug-likeness (QED) is 0.815. The maximum atomic E-state index is 13.2. The van der Waals surface area contributed by atoms with Crippen molar-refractivity contribution in [3.63, 3.8) is 0 Å². The molecule has 1 aliphatic heterocycles. The second-order valence-corrected chi connectivity index (χ2v) is 5.63. The second-order valence-electron chi connectivity index (χ2n) is 5.63. The van der Waals surface area contributed by atoms with Crippen LogP contribution >= 0.6 is 12.4 Å². The van der Waals surface area contributed by atoms with Crippen LogP contribution in [0, 0.1) is 13.8 Å². The van der Waals surface area contributed by atoms with Crippen molar-refractivity contribution in [2.75, 3.05) is 32.7 Å². The van der Waals surface area contributed by atoms with E-state index in [0.717, 1.165) is 0 Å². The largest absolute Gasteiger partial charge is 0.405 e. The first-order valence-corrected chi connectivity index (χ1v) is 7.49. The minimum atomic E-state index is -4.38. The summed E-state index contributed by atoms with van der Waals surface area (Å²) in [6.45, 7) is 4.55. The lowest BCUT2D eigenvalue weighted by atomic mass is 10.1. The van der Waals surface area contributed by atoms with Crippen LogP contribution in [0.2, 0.25) is 0 Å². The number of nitrogens with zero attached hydrogens (tertiary/aromatic N) is 2. The van der Waals surface area contributed by atoms with E-state index in [1.54, 1.807) is 13.8 Å². The Morgan fingerprint density at radius 1 is 1.38 bits per heavy atom. The number of carbonyl (C=O) groups excluding carboxylic acids is 1. The fourth-order valence-corrected chi connectivity index (χ4v) is 2.63. The Bertz CT molecular complexity index is 525.